The first-order chi connectivity index (χ1) is 9.81. The van der Waals surface area contributed by atoms with E-state index in [0.717, 1.165) is 18.4 Å². The maximum Gasteiger partial charge on any atom is 0.315 e. The smallest absolute Gasteiger partial charge is 0.315 e. The Bertz CT molecular complexity index is 570. The molecule has 0 spiro atoms. The van der Waals surface area contributed by atoms with Crippen LogP contribution in [0.4, 0.5) is 4.79 Å². The first kappa shape index (κ1) is 12.7. The number of fused-ring (bicyclic) bond motifs is 1. The maximum absolute atomic E-state index is 11.9. The fraction of sp³-hybridized carbons (Fsp3) is 0.235. The van der Waals surface area contributed by atoms with Gasteiger partial charge in [0, 0.05) is 12.6 Å². The Hall–Kier alpha value is -2.29. The van der Waals surface area contributed by atoms with Crippen LogP contribution in [0.3, 0.4) is 0 Å². The van der Waals surface area contributed by atoms with Crippen molar-refractivity contribution >= 4 is 6.03 Å². The molecule has 2 N–H and O–H groups in total. The van der Waals surface area contributed by atoms with Gasteiger partial charge in [0.25, 0.3) is 0 Å². The maximum atomic E-state index is 11.9. The molecular formula is C17H18N2O. The van der Waals surface area contributed by atoms with Crippen molar-refractivity contribution in [1.82, 2.24) is 10.6 Å². The van der Waals surface area contributed by atoms with Crippen molar-refractivity contribution in [3.63, 3.8) is 0 Å². The number of carbonyl (C=O) groups is 1. The van der Waals surface area contributed by atoms with Gasteiger partial charge >= 0.3 is 6.03 Å². The summed E-state index contributed by atoms with van der Waals surface area (Å²) < 4.78 is 0. The molecule has 0 fully saturated rings. The van der Waals surface area contributed by atoms with Gasteiger partial charge in [0.05, 0.1) is 0 Å². The molecule has 0 atom stereocenters. The fourth-order valence-corrected chi connectivity index (χ4v) is 2.68. The van der Waals surface area contributed by atoms with E-state index in [1.54, 1.807) is 0 Å². The Morgan fingerprint density at radius 1 is 0.950 bits per heavy atom. The molecule has 0 radical (unpaired) electrons. The number of benzene rings is 2. The number of urea groups is 1. The highest BCUT2D eigenvalue weighted by Crippen LogP contribution is 2.21. The Balaban J connectivity index is 1.49. The van der Waals surface area contributed by atoms with Gasteiger partial charge < -0.3 is 10.6 Å². The van der Waals surface area contributed by atoms with E-state index in [0.29, 0.717) is 6.54 Å². The molecule has 2 aromatic rings. The van der Waals surface area contributed by atoms with Crippen LogP contribution < -0.4 is 10.6 Å². The largest absolute Gasteiger partial charge is 0.335 e. The summed E-state index contributed by atoms with van der Waals surface area (Å²) in [6.45, 7) is 0.562. The predicted octanol–water partition coefficient (Wildman–Crippen LogP) is 2.65. The van der Waals surface area contributed by atoms with Crippen molar-refractivity contribution < 1.29 is 4.79 Å². The van der Waals surface area contributed by atoms with Gasteiger partial charge in [0.2, 0.25) is 0 Å². The Labute approximate surface area is 119 Å². The number of carbonyl (C=O) groups excluding carboxylic acids is 1. The van der Waals surface area contributed by atoms with E-state index in [4.69, 9.17) is 0 Å². The van der Waals surface area contributed by atoms with E-state index < -0.39 is 0 Å². The van der Waals surface area contributed by atoms with Crippen LogP contribution >= 0.6 is 0 Å². The zero-order valence-corrected chi connectivity index (χ0v) is 11.3. The third kappa shape index (κ3) is 2.99. The van der Waals surface area contributed by atoms with E-state index in [2.05, 4.69) is 34.9 Å². The molecule has 1 aliphatic carbocycles. The SMILES string of the molecule is O=C(NCc1ccccc1)NC1Cc2ccccc2C1. The van der Waals surface area contributed by atoms with Gasteiger partial charge in [-0.05, 0) is 29.5 Å². The first-order valence-corrected chi connectivity index (χ1v) is 6.96. The number of amides is 2. The van der Waals surface area contributed by atoms with Crippen LogP contribution in [0.5, 0.6) is 0 Å². The molecule has 0 aromatic heterocycles. The highest BCUT2D eigenvalue weighted by atomic mass is 16.2. The van der Waals surface area contributed by atoms with Crippen LogP contribution in [0.25, 0.3) is 0 Å². The van der Waals surface area contributed by atoms with E-state index in [1.165, 1.54) is 11.1 Å². The minimum absolute atomic E-state index is 0.0911. The molecule has 0 unspecified atom stereocenters. The summed E-state index contributed by atoms with van der Waals surface area (Å²) in [6.07, 6.45) is 1.85. The lowest BCUT2D eigenvalue weighted by molar-refractivity contribution is 0.237. The van der Waals surface area contributed by atoms with E-state index in [1.807, 2.05) is 30.3 Å². The van der Waals surface area contributed by atoms with Gasteiger partial charge in [-0.25, -0.2) is 4.79 Å². The van der Waals surface area contributed by atoms with E-state index in [-0.39, 0.29) is 12.1 Å². The molecule has 1 aliphatic rings. The highest BCUT2D eigenvalue weighted by molar-refractivity contribution is 5.74. The van der Waals surface area contributed by atoms with Crippen molar-refractivity contribution in [3.8, 4) is 0 Å². The third-order valence-electron chi connectivity index (χ3n) is 3.68. The summed E-state index contributed by atoms with van der Waals surface area (Å²) in [7, 11) is 0. The lowest BCUT2D eigenvalue weighted by Crippen LogP contribution is -2.42. The van der Waals surface area contributed by atoms with Crippen LogP contribution in [0.2, 0.25) is 0 Å². The number of hydrogen-bond acceptors (Lipinski definition) is 1. The summed E-state index contributed by atoms with van der Waals surface area (Å²) in [5, 5.41) is 5.95. The quantitative estimate of drug-likeness (QED) is 0.881. The van der Waals surface area contributed by atoms with Crippen molar-refractivity contribution in [2.75, 3.05) is 0 Å². The average molecular weight is 266 g/mol. The van der Waals surface area contributed by atoms with Crippen LogP contribution in [0, 0.1) is 0 Å². The van der Waals surface area contributed by atoms with Crippen molar-refractivity contribution in [3.05, 3.63) is 71.3 Å². The van der Waals surface area contributed by atoms with E-state index in [9.17, 15) is 4.79 Å². The molecule has 0 heterocycles. The van der Waals surface area contributed by atoms with Gasteiger partial charge in [-0.1, -0.05) is 54.6 Å². The van der Waals surface area contributed by atoms with Gasteiger partial charge in [0.15, 0.2) is 0 Å². The summed E-state index contributed by atoms with van der Waals surface area (Å²) in [6, 6.07) is 18.4. The molecule has 3 heteroatoms. The van der Waals surface area contributed by atoms with Crippen LogP contribution in [-0.4, -0.2) is 12.1 Å². The highest BCUT2D eigenvalue weighted by Gasteiger charge is 2.21. The number of hydrogen-bond donors (Lipinski definition) is 2. The molecule has 102 valence electrons. The number of rotatable bonds is 3. The van der Waals surface area contributed by atoms with Gasteiger partial charge in [-0.3, -0.25) is 0 Å². The normalized spacial score (nSPS) is 13.8. The minimum Gasteiger partial charge on any atom is -0.335 e. The lowest BCUT2D eigenvalue weighted by atomic mass is 10.1. The van der Waals surface area contributed by atoms with Gasteiger partial charge in [0.1, 0.15) is 0 Å². The standard InChI is InChI=1S/C17H18N2O/c20-17(18-12-13-6-2-1-3-7-13)19-16-10-14-8-4-5-9-15(14)11-16/h1-9,16H,10-12H2,(H2,18,19,20). The average Bonchev–Trinajstić information content (AvgIpc) is 2.88. The molecular weight excluding hydrogens is 248 g/mol. The summed E-state index contributed by atoms with van der Waals surface area (Å²) in [5.74, 6) is 0. The predicted molar refractivity (Wildman–Crippen MR) is 79.5 cm³/mol. The third-order valence-corrected chi connectivity index (χ3v) is 3.68. The van der Waals surface area contributed by atoms with Crippen molar-refractivity contribution in [1.29, 1.82) is 0 Å². The monoisotopic (exact) mass is 266 g/mol. The van der Waals surface area contributed by atoms with E-state index >= 15 is 0 Å². The summed E-state index contributed by atoms with van der Waals surface area (Å²) >= 11 is 0. The Morgan fingerprint density at radius 3 is 2.20 bits per heavy atom. The molecule has 0 bridgehead atoms. The zero-order valence-electron chi connectivity index (χ0n) is 11.3. The van der Waals surface area contributed by atoms with Crippen molar-refractivity contribution in [2.45, 2.75) is 25.4 Å². The van der Waals surface area contributed by atoms with Crippen LogP contribution in [0.1, 0.15) is 16.7 Å². The summed E-state index contributed by atoms with van der Waals surface area (Å²) in [4.78, 5) is 11.9. The Morgan fingerprint density at radius 2 is 1.55 bits per heavy atom. The minimum atomic E-state index is -0.0911. The topological polar surface area (TPSA) is 41.1 Å². The molecule has 0 saturated heterocycles. The molecule has 20 heavy (non-hydrogen) atoms. The molecule has 0 saturated carbocycles. The second-order valence-corrected chi connectivity index (χ2v) is 5.19. The lowest BCUT2D eigenvalue weighted by Gasteiger charge is -2.13. The van der Waals surface area contributed by atoms with Crippen LogP contribution in [-0.2, 0) is 19.4 Å². The summed E-state index contributed by atoms with van der Waals surface area (Å²) in [5.41, 5.74) is 3.80. The van der Waals surface area contributed by atoms with Crippen LogP contribution in [0.15, 0.2) is 54.6 Å². The molecule has 2 amide bonds. The molecule has 3 rings (SSSR count). The molecule has 2 aromatic carbocycles. The van der Waals surface area contributed by atoms with Gasteiger partial charge in [-0.2, -0.15) is 0 Å². The Kier molecular flexibility index (Phi) is 3.68. The number of nitrogens with one attached hydrogen (secondary N) is 2. The molecule has 0 aliphatic heterocycles. The second-order valence-electron chi connectivity index (χ2n) is 5.19. The fourth-order valence-electron chi connectivity index (χ4n) is 2.68. The van der Waals surface area contributed by atoms with Gasteiger partial charge in [-0.15, -0.1) is 0 Å². The molecule has 3 nitrogen and oxygen atoms in total. The zero-order chi connectivity index (χ0) is 13.8. The second kappa shape index (κ2) is 5.78. The first-order valence-electron chi connectivity index (χ1n) is 6.96. The van der Waals surface area contributed by atoms with Crippen molar-refractivity contribution in [2.24, 2.45) is 0 Å².